The van der Waals surface area contributed by atoms with Crippen LogP contribution in [0.5, 0.6) is 0 Å². The lowest BCUT2D eigenvalue weighted by molar-refractivity contribution is 0.0513. The second kappa shape index (κ2) is 6.41. The summed E-state index contributed by atoms with van der Waals surface area (Å²) >= 11 is 0. The number of rotatable bonds is 3. The second-order valence-corrected chi connectivity index (χ2v) is 3.96. The largest absolute Gasteiger partial charge is 0.461 e. The van der Waals surface area contributed by atoms with E-state index in [0.29, 0.717) is 12.0 Å². The molecule has 0 saturated heterocycles. The molecule has 0 amide bonds. The zero-order valence-electron chi connectivity index (χ0n) is 10.7. The average Bonchev–Trinajstić information content (AvgIpc) is 2.86. The van der Waals surface area contributed by atoms with Gasteiger partial charge >= 0.3 is 5.97 Å². The van der Waals surface area contributed by atoms with Gasteiger partial charge in [-0.15, -0.1) is 0 Å². The smallest absolute Gasteiger partial charge is 0.341 e. The molecule has 0 bridgehead atoms. The Hall–Kier alpha value is -2.54. The fraction of sp³-hybridized carbons (Fsp3) is 0.200. The number of nitrogens with zero attached hydrogens (tertiary/aromatic N) is 2. The summed E-state index contributed by atoms with van der Waals surface area (Å²) < 4.78 is 6.65. The first-order chi connectivity index (χ1) is 9.25. The van der Waals surface area contributed by atoms with Crippen LogP contribution >= 0.6 is 0 Å². The first kappa shape index (κ1) is 12.9. The monoisotopic (exact) mass is 254 g/mol. The minimum Gasteiger partial charge on any atom is -0.461 e. The van der Waals surface area contributed by atoms with E-state index in [9.17, 15) is 4.79 Å². The van der Waals surface area contributed by atoms with Crippen LogP contribution in [0, 0.1) is 11.8 Å². The van der Waals surface area contributed by atoms with Crippen molar-refractivity contribution in [1.82, 2.24) is 9.78 Å². The number of aryl methyl sites for hydroxylation is 1. The van der Waals surface area contributed by atoms with Crippen molar-refractivity contribution in [2.45, 2.75) is 6.42 Å². The summed E-state index contributed by atoms with van der Waals surface area (Å²) in [4.78, 5) is 11.6. The zero-order valence-corrected chi connectivity index (χ0v) is 10.7. The van der Waals surface area contributed by atoms with Crippen molar-refractivity contribution in [2.75, 3.05) is 6.61 Å². The molecule has 0 aliphatic carbocycles. The molecule has 2 aromatic rings. The Morgan fingerprint density at radius 2 is 2.16 bits per heavy atom. The molecule has 1 heterocycles. The Morgan fingerprint density at radius 1 is 1.37 bits per heavy atom. The van der Waals surface area contributed by atoms with E-state index in [4.69, 9.17) is 4.74 Å². The number of carbonyl (C=O) groups is 1. The molecule has 2 rings (SSSR count). The van der Waals surface area contributed by atoms with Crippen LogP contribution in [0.4, 0.5) is 0 Å². The molecular weight excluding hydrogens is 240 g/mol. The molecule has 0 spiro atoms. The standard InChI is InChI=1S/C15H14N2O2/c1-17-12-14(11-16-17)15(18)19-10-6-5-9-13-7-3-2-4-8-13/h2-4,7-8,11-12H,6,10H2,1H3. The van der Waals surface area contributed by atoms with Crippen LogP contribution in [-0.4, -0.2) is 22.4 Å². The van der Waals surface area contributed by atoms with Gasteiger partial charge in [-0.3, -0.25) is 4.68 Å². The van der Waals surface area contributed by atoms with E-state index in [2.05, 4.69) is 16.9 Å². The van der Waals surface area contributed by atoms with Crippen molar-refractivity contribution in [3.8, 4) is 11.8 Å². The zero-order chi connectivity index (χ0) is 13.5. The summed E-state index contributed by atoms with van der Waals surface area (Å²) in [5.41, 5.74) is 1.42. The van der Waals surface area contributed by atoms with Crippen molar-refractivity contribution >= 4 is 5.97 Å². The van der Waals surface area contributed by atoms with Crippen LogP contribution in [-0.2, 0) is 11.8 Å². The van der Waals surface area contributed by atoms with Crippen LogP contribution in [0.25, 0.3) is 0 Å². The van der Waals surface area contributed by atoms with Crippen LogP contribution < -0.4 is 0 Å². The van der Waals surface area contributed by atoms with E-state index in [1.807, 2.05) is 30.3 Å². The molecule has 4 heteroatoms. The molecule has 0 aliphatic rings. The van der Waals surface area contributed by atoms with Gasteiger partial charge in [-0.25, -0.2) is 4.79 Å². The Balaban J connectivity index is 1.76. The summed E-state index contributed by atoms with van der Waals surface area (Å²) in [6.45, 7) is 0.285. The lowest BCUT2D eigenvalue weighted by atomic mass is 10.2. The Kier molecular flexibility index (Phi) is 4.35. The lowest BCUT2D eigenvalue weighted by Gasteiger charge is -1.98. The van der Waals surface area contributed by atoms with E-state index in [0.717, 1.165) is 5.56 Å². The van der Waals surface area contributed by atoms with E-state index in [1.54, 1.807) is 17.9 Å². The van der Waals surface area contributed by atoms with Crippen molar-refractivity contribution in [3.63, 3.8) is 0 Å². The Labute approximate surface area is 112 Å². The molecule has 0 N–H and O–H groups in total. The van der Waals surface area contributed by atoms with E-state index in [-0.39, 0.29) is 12.6 Å². The molecule has 4 nitrogen and oxygen atoms in total. The molecule has 0 atom stereocenters. The molecule has 0 saturated carbocycles. The van der Waals surface area contributed by atoms with Crippen molar-refractivity contribution in [1.29, 1.82) is 0 Å². The molecule has 0 unspecified atom stereocenters. The maximum atomic E-state index is 11.6. The summed E-state index contributed by atoms with van der Waals surface area (Å²) in [7, 11) is 1.75. The highest BCUT2D eigenvalue weighted by molar-refractivity contribution is 5.88. The van der Waals surface area contributed by atoms with Crippen molar-refractivity contribution in [3.05, 3.63) is 53.9 Å². The van der Waals surface area contributed by atoms with Crippen molar-refractivity contribution < 1.29 is 9.53 Å². The molecule has 0 aliphatic heterocycles. The molecule has 1 aromatic heterocycles. The van der Waals surface area contributed by atoms with Crippen LogP contribution in [0.15, 0.2) is 42.7 Å². The SMILES string of the molecule is Cn1cc(C(=O)OCCC#Cc2ccccc2)cn1. The highest BCUT2D eigenvalue weighted by atomic mass is 16.5. The van der Waals surface area contributed by atoms with Crippen LogP contribution in [0.1, 0.15) is 22.3 Å². The van der Waals surface area contributed by atoms with Gasteiger partial charge < -0.3 is 4.74 Å². The number of aromatic nitrogens is 2. The summed E-state index contributed by atoms with van der Waals surface area (Å²) in [6.07, 6.45) is 3.62. The number of benzene rings is 1. The average molecular weight is 254 g/mol. The van der Waals surface area contributed by atoms with Gasteiger partial charge in [0.1, 0.15) is 6.61 Å². The normalized spacial score (nSPS) is 9.53. The molecule has 1 aromatic carbocycles. The molecule has 96 valence electrons. The maximum Gasteiger partial charge on any atom is 0.341 e. The topological polar surface area (TPSA) is 44.1 Å². The lowest BCUT2D eigenvalue weighted by Crippen LogP contribution is -2.05. The predicted molar refractivity (Wildman–Crippen MR) is 71.4 cm³/mol. The molecule has 0 radical (unpaired) electrons. The van der Waals surface area contributed by atoms with Gasteiger partial charge in [0.05, 0.1) is 11.8 Å². The fourth-order valence-electron chi connectivity index (χ4n) is 1.49. The van der Waals surface area contributed by atoms with Gasteiger partial charge in [0.25, 0.3) is 0 Å². The summed E-state index contributed by atoms with van der Waals surface area (Å²) in [6, 6.07) is 9.70. The summed E-state index contributed by atoms with van der Waals surface area (Å²) in [5, 5.41) is 3.91. The van der Waals surface area contributed by atoms with Crippen LogP contribution in [0.3, 0.4) is 0 Å². The molecule has 19 heavy (non-hydrogen) atoms. The summed E-state index contributed by atoms with van der Waals surface area (Å²) in [5.74, 6) is 5.60. The molecular formula is C15H14N2O2. The van der Waals surface area contributed by atoms with Gasteiger partial charge in [0.15, 0.2) is 0 Å². The third-order valence-electron chi connectivity index (χ3n) is 2.41. The quantitative estimate of drug-likeness (QED) is 0.478. The van der Waals surface area contributed by atoms with Crippen LogP contribution in [0.2, 0.25) is 0 Å². The van der Waals surface area contributed by atoms with E-state index >= 15 is 0 Å². The van der Waals surface area contributed by atoms with Gasteiger partial charge in [-0.05, 0) is 12.1 Å². The third-order valence-corrected chi connectivity index (χ3v) is 2.41. The first-order valence-electron chi connectivity index (χ1n) is 5.95. The number of hydrogen-bond acceptors (Lipinski definition) is 3. The highest BCUT2D eigenvalue weighted by Crippen LogP contribution is 2.00. The van der Waals surface area contributed by atoms with Gasteiger partial charge in [0, 0.05) is 25.2 Å². The molecule has 0 fully saturated rings. The van der Waals surface area contributed by atoms with E-state index in [1.165, 1.54) is 6.20 Å². The maximum absolute atomic E-state index is 11.6. The number of esters is 1. The minimum atomic E-state index is -0.366. The number of hydrogen-bond donors (Lipinski definition) is 0. The third kappa shape index (κ3) is 4.00. The number of carbonyl (C=O) groups excluding carboxylic acids is 1. The van der Waals surface area contributed by atoms with E-state index < -0.39 is 0 Å². The Morgan fingerprint density at radius 3 is 2.84 bits per heavy atom. The van der Waals surface area contributed by atoms with Gasteiger partial charge in [0.2, 0.25) is 0 Å². The highest BCUT2D eigenvalue weighted by Gasteiger charge is 2.07. The number of ether oxygens (including phenoxy) is 1. The fourth-order valence-corrected chi connectivity index (χ4v) is 1.49. The Bertz CT molecular complexity index is 606. The van der Waals surface area contributed by atoms with Crippen molar-refractivity contribution in [2.24, 2.45) is 7.05 Å². The second-order valence-electron chi connectivity index (χ2n) is 3.96. The predicted octanol–water partition coefficient (Wildman–Crippen LogP) is 2.02. The minimum absolute atomic E-state index is 0.285. The van der Waals surface area contributed by atoms with Gasteiger partial charge in [-0.2, -0.15) is 5.10 Å². The first-order valence-corrected chi connectivity index (χ1v) is 5.95. The van der Waals surface area contributed by atoms with Gasteiger partial charge in [-0.1, -0.05) is 30.0 Å².